The number of hydrogen-bond acceptors (Lipinski definition) is 5. The fraction of sp³-hybridized carbons (Fsp3) is 0.429. The maximum Gasteiger partial charge on any atom is 0.286 e. The van der Waals surface area contributed by atoms with E-state index in [0.29, 0.717) is 44.0 Å². The van der Waals surface area contributed by atoms with Gasteiger partial charge in [0.05, 0.1) is 20.0 Å². The molecule has 1 heterocycles. The third-order valence-corrected chi connectivity index (χ3v) is 4.08. The van der Waals surface area contributed by atoms with Crippen molar-refractivity contribution in [3.05, 3.63) is 47.9 Å². The fourth-order valence-corrected chi connectivity index (χ4v) is 2.50. The molecule has 0 aliphatic carbocycles. The fourth-order valence-electron chi connectivity index (χ4n) is 2.50. The van der Waals surface area contributed by atoms with Crippen molar-refractivity contribution >= 4 is 11.8 Å². The molecular weight excluding hydrogens is 360 g/mol. The highest BCUT2D eigenvalue weighted by molar-refractivity contribution is 5.91. The summed E-state index contributed by atoms with van der Waals surface area (Å²) in [4.78, 5) is 23.7. The summed E-state index contributed by atoms with van der Waals surface area (Å²) in [6, 6.07) is 8.89. The van der Waals surface area contributed by atoms with Crippen LogP contribution in [0.2, 0.25) is 0 Å². The Hall–Kier alpha value is -2.96. The number of nitrogens with one attached hydrogen (secondary N) is 2. The van der Waals surface area contributed by atoms with Gasteiger partial charge in [0.15, 0.2) is 17.3 Å². The molecular formula is C21H28N2O5. The Morgan fingerprint density at radius 3 is 2.68 bits per heavy atom. The molecule has 7 nitrogen and oxygen atoms in total. The summed E-state index contributed by atoms with van der Waals surface area (Å²) in [5, 5.41) is 5.58. The number of carbonyl (C=O) groups is 2. The van der Waals surface area contributed by atoms with Crippen LogP contribution in [-0.2, 0) is 11.3 Å². The minimum absolute atomic E-state index is 0.0745. The lowest BCUT2D eigenvalue weighted by atomic mass is 10.2. The van der Waals surface area contributed by atoms with Crippen LogP contribution >= 0.6 is 0 Å². The summed E-state index contributed by atoms with van der Waals surface area (Å²) < 4.78 is 16.1. The van der Waals surface area contributed by atoms with Crippen molar-refractivity contribution in [3.8, 4) is 11.5 Å². The molecule has 7 heteroatoms. The second kappa shape index (κ2) is 11.7. The molecule has 0 aliphatic heterocycles. The van der Waals surface area contributed by atoms with Crippen molar-refractivity contribution in [2.75, 3.05) is 20.3 Å². The highest BCUT2D eigenvalue weighted by Crippen LogP contribution is 2.28. The Bertz CT molecular complexity index is 743. The van der Waals surface area contributed by atoms with Crippen LogP contribution < -0.4 is 20.1 Å². The van der Waals surface area contributed by atoms with Crippen molar-refractivity contribution in [1.29, 1.82) is 0 Å². The van der Waals surface area contributed by atoms with Crippen LogP contribution in [0.15, 0.2) is 41.0 Å². The minimum atomic E-state index is -0.279. The number of carbonyl (C=O) groups excluding carboxylic acids is 2. The van der Waals surface area contributed by atoms with Crippen molar-refractivity contribution in [2.45, 2.75) is 39.2 Å². The zero-order valence-electron chi connectivity index (χ0n) is 16.5. The molecule has 0 bridgehead atoms. The number of methoxy groups -OCH3 is 1. The number of benzene rings is 1. The lowest BCUT2D eigenvalue weighted by Crippen LogP contribution is -2.27. The van der Waals surface area contributed by atoms with Crippen molar-refractivity contribution in [3.63, 3.8) is 0 Å². The predicted octanol–water partition coefficient (Wildman–Crippen LogP) is 3.29. The Kier molecular flexibility index (Phi) is 8.91. The van der Waals surface area contributed by atoms with E-state index < -0.39 is 0 Å². The van der Waals surface area contributed by atoms with E-state index in [1.165, 1.54) is 6.26 Å². The Labute approximate surface area is 165 Å². The molecule has 2 N–H and O–H groups in total. The van der Waals surface area contributed by atoms with Gasteiger partial charge in [-0.25, -0.2) is 0 Å². The van der Waals surface area contributed by atoms with Gasteiger partial charge in [-0.2, -0.15) is 0 Å². The largest absolute Gasteiger partial charge is 0.493 e. The number of furan rings is 1. The molecule has 0 spiro atoms. The molecule has 0 fully saturated rings. The van der Waals surface area contributed by atoms with Crippen molar-refractivity contribution < 1.29 is 23.5 Å². The molecule has 2 amide bonds. The van der Waals surface area contributed by atoms with Gasteiger partial charge < -0.3 is 24.5 Å². The van der Waals surface area contributed by atoms with E-state index in [2.05, 4.69) is 17.6 Å². The Morgan fingerprint density at radius 2 is 1.96 bits per heavy atom. The summed E-state index contributed by atoms with van der Waals surface area (Å²) >= 11 is 0. The average Bonchev–Trinajstić information content (AvgIpc) is 3.25. The highest BCUT2D eigenvalue weighted by Gasteiger charge is 2.09. The Morgan fingerprint density at radius 1 is 1.11 bits per heavy atom. The molecule has 152 valence electrons. The van der Waals surface area contributed by atoms with Gasteiger partial charge in [0.2, 0.25) is 5.91 Å². The number of amides is 2. The molecule has 28 heavy (non-hydrogen) atoms. The number of hydrogen-bond donors (Lipinski definition) is 2. The van der Waals surface area contributed by atoms with Gasteiger partial charge in [-0.1, -0.05) is 19.4 Å². The van der Waals surface area contributed by atoms with Crippen LogP contribution in [0.1, 0.15) is 48.7 Å². The number of unbranched alkanes of at least 4 members (excludes halogenated alkanes) is 1. The topological polar surface area (TPSA) is 89.8 Å². The molecule has 2 rings (SSSR count). The van der Waals surface area contributed by atoms with Gasteiger partial charge in [-0.15, -0.1) is 0 Å². The van der Waals surface area contributed by atoms with E-state index in [0.717, 1.165) is 18.4 Å². The summed E-state index contributed by atoms with van der Waals surface area (Å²) in [7, 11) is 1.60. The number of ether oxygens (including phenoxy) is 2. The van der Waals surface area contributed by atoms with Crippen LogP contribution in [0.25, 0.3) is 0 Å². The predicted molar refractivity (Wildman–Crippen MR) is 106 cm³/mol. The standard InChI is InChI=1S/C21H28N2O5/c1-3-4-12-27-17-10-9-16(14-19(17)26-2)15-23-20(24)8-5-11-22-21(25)18-7-6-13-28-18/h6-7,9-10,13-14H,3-5,8,11-12,15H2,1-2H3,(H,22,25)(H,23,24). The zero-order chi connectivity index (χ0) is 20.2. The van der Waals surface area contributed by atoms with Crippen LogP contribution in [0.5, 0.6) is 11.5 Å². The molecule has 0 unspecified atom stereocenters. The van der Waals surface area contributed by atoms with Gasteiger partial charge >= 0.3 is 0 Å². The second-order valence-corrected chi connectivity index (χ2v) is 6.30. The summed E-state index contributed by atoms with van der Waals surface area (Å²) in [5.41, 5.74) is 0.930. The first-order chi connectivity index (χ1) is 13.6. The first kappa shape index (κ1) is 21.3. The monoisotopic (exact) mass is 388 g/mol. The molecule has 2 aromatic rings. The third-order valence-electron chi connectivity index (χ3n) is 4.08. The molecule has 0 radical (unpaired) electrons. The molecule has 0 saturated carbocycles. The van der Waals surface area contributed by atoms with Gasteiger partial charge in [0, 0.05) is 19.5 Å². The quantitative estimate of drug-likeness (QED) is 0.545. The minimum Gasteiger partial charge on any atom is -0.493 e. The first-order valence-electron chi connectivity index (χ1n) is 9.52. The van der Waals surface area contributed by atoms with Crippen LogP contribution in [0.3, 0.4) is 0 Å². The summed E-state index contributed by atoms with van der Waals surface area (Å²) in [5.74, 6) is 1.27. The van der Waals surface area contributed by atoms with Crippen LogP contribution in [0.4, 0.5) is 0 Å². The van der Waals surface area contributed by atoms with Gasteiger partial charge in [-0.3, -0.25) is 9.59 Å². The van der Waals surface area contributed by atoms with Gasteiger partial charge in [0.25, 0.3) is 5.91 Å². The van der Waals surface area contributed by atoms with Crippen molar-refractivity contribution in [1.82, 2.24) is 10.6 Å². The lowest BCUT2D eigenvalue weighted by Gasteiger charge is -2.12. The van der Waals surface area contributed by atoms with E-state index in [1.807, 2.05) is 18.2 Å². The summed E-state index contributed by atoms with van der Waals surface area (Å²) in [6.07, 6.45) is 4.38. The van der Waals surface area contributed by atoms with Crippen LogP contribution in [-0.4, -0.2) is 32.1 Å². The van der Waals surface area contributed by atoms with E-state index in [1.54, 1.807) is 19.2 Å². The molecule has 1 aromatic heterocycles. The third kappa shape index (κ3) is 6.98. The van der Waals surface area contributed by atoms with Crippen LogP contribution in [0, 0.1) is 0 Å². The first-order valence-corrected chi connectivity index (χ1v) is 9.52. The maximum absolute atomic E-state index is 12.0. The van der Waals surface area contributed by atoms with E-state index >= 15 is 0 Å². The molecule has 1 aromatic carbocycles. The average molecular weight is 388 g/mol. The SMILES string of the molecule is CCCCOc1ccc(CNC(=O)CCCNC(=O)c2ccco2)cc1OC. The molecule has 0 atom stereocenters. The maximum atomic E-state index is 12.0. The van der Waals surface area contributed by atoms with Gasteiger partial charge in [-0.05, 0) is 42.7 Å². The van der Waals surface area contributed by atoms with E-state index in [-0.39, 0.29) is 17.6 Å². The van der Waals surface area contributed by atoms with Gasteiger partial charge in [0.1, 0.15) is 0 Å². The molecule has 0 aliphatic rings. The highest BCUT2D eigenvalue weighted by atomic mass is 16.5. The van der Waals surface area contributed by atoms with Crippen molar-refractivity contribution in [2.24, 2.45) is 0 Å². The normalized spacial score (nSPS) is 10.4. The van der Waals surface area contributed by atoms with E-state index in [4.69, 9.17) is 13.9 Å². The lowest BCUT2D eigenvalue weighted by molar-refractivity contribution is -0.121. The van der Waals surface area contributed by atoms with E-state index in [9.17, 15) is 9.59 Å². The zero-order valence-corrected chi connectivity index (χ0v) is 16.5. The number of rotatable bonds is 12. The Balaban J connectivity index is 1.69. The second-order valence-electron chi connectivity index (χ2n) is 6.30. The smallest absolute Gasteiger partial charge is 0.286 e. The molecule has 0 saturated heterocycles. The summed E-state index contributed by atoms with van der Waals surface area (Å²) in [6.45, 7) is 3.58.